The van der Waals surface area contributed by atoms with Crippen molar-refractivity contribution in [1.82, 2.24) is 9.78 Å². The van der Waals surface area contributed by atoms with E-state index in [1.807, 2.05) is 30.7 Å². The number of aromatic nitrogens is 2. The van der Waals surface area contributed by atoms with Crippen molar-refractivity contribution < 1.29 is 0 Å². The van der Waals surface area contributed by atoms with Crippen LogP contribution in [0.2, 0.25) is 0 Å². The molecule has 0 aliphatic carbocycles. The standard InChI is InChI=1S/C14H15N3/c1-9-6-5-7-14(10(9)2)17-12(4)13(8-15)11(3)16-17/h5-7H,1-4H3. The van der Waals surface area contributed by atoms with Crippen molar-refractivity contribution in [3.8, 4) is 11.8 Å². The molecule has 1 heterocycles. The van der Waals surface area contributed by atoms with E-state index >= 15 is 0 Å². The molecule has 1 aromatic heterocycles. The van der Waals surface area contributed by atoms with Crippen LogP contribution in [0.3, 0.4) is 0 Å². The first-order valence-electron chi connectivity index (χ1n) is 5.59. The van der Waals surface area contributed by atoms with Crippen LogP contribution in [0.5, 0.6) is 0 Å². The highest BCUT2D eigenvalue weighted by Crippen LogP contribution is 2.21. The van der Waals surface area contributed by atoms with Crippen molar-refractivity contribution in [2.24, 2.45) is 0 Å². The van der Waals surface area contributed by atoms with Crippen LogP contribution in [0.25, 0.3) is 5.69 Å². The lowest BCUT2D eigenvalue weighted by atomic mass is 10.1. The molecule has 0 bridgehead atoms. The lowest BCUT2D eigenvalue weighted by Gasteiger charge is -2.10. The van der Waals surface area contributed by atoms with Gasteiger partial charge in [0.2, 0.25) is 0 Å². The SMILES string of the molecule is Cc1cccc(-n2nc(C)c(C#N)c2C)c1C. The van der Waals surface area contributed by atoms with Crippen LogP contribution in [-0.2, 0) is 0 Å². The molecule has 3 heteroatoms. The van der Waals surface area contributed by atoms with Gasteiger partial charge < -0.3 is 0 Å². The molecule has 0 saturated carbocycles. The van der Waals surface area contributed by atoms with Gasteiger partial charge in [0, 0.05) is 0 Å². The van der Waals surface area contributed by atoms with Crippen molar-refractivity contribution in [3.63, 3.8) is 0 Å². The molecule has 17 heavy (non-hydrogen) atoms. The summed E-state index contributed by atoms with van der Waals surface area (Å²) in [7, 11) is 0. The molecular weight excluding hydrogens is 210 g/mol. The summed E-state index contributed by atoms with van der Waals surface area (Å²) in [5.74, 6) is 0. The Hall–Kier alpha value is -2.08. The highest BCUT2D eigenvalue weighted by Gasteiger charge is 2.13. The molecule has 0 unspecified atom stereocenters. The molecule has 0 radical (unpaired) electrons. The minimum Gasteiger partial charge on any atom is -0.236 e. The smallest absolute Gasteiger partial charge is 0.103 e. The second-order valence-corrected chi connectivity index (χ2v) is 4.29. The largest absolute Gasteiger partial charge is 0.236 e. The van der Waals surface area contributed by atoms with E-state index in [2.05, 4.69) is 31.1 Å². The summed E-state index contributed by atoms with van der Waals surface area (Å²) in [6.45, 7) is 7.95. The van der Waals surface area contributed by atoms with E-state index in [1.54, 1.807) is 0 Å². The topological polar surface area (TPSA) is 41.6 Å². The number of benzene rings is 1. The first-order chi connectivity index (χ1) is 8.06. The predicted molar refractivity (Wildman–Crippen MR) is 67.2 cm³/mol. The van der Waals surface area contributed by atoms with Gasteiger partial charge >= 0.3 is 0 Å². The molecule has 1 aromatic carbocycles. The summed E-state index contributed by atoms with van der Waals surface area (Å²) in [4.78, 5) is 0. The Kier molecular flexibility index (Phi) is 2.72. The maximum Gasteiger partial charge on any atom is 0.103 e. The molecule has 2 rings (SSSR count). The van der Waals surface area contributed by atoms with Crippen LogP contribution >= 0.6 is 0 Å². The van der Waals surface area contributed by atoms with E-state index in [1.165, 1.54) is 11.1 Å². The van der Waals surface area contributed by atoms with Gasteiger partial charge in [-0.05, 0) is 44.9 Å². The first kappa shape index (κ1) is 11.4. The van der Waals surface area contributed by atoms with E-state index in [-0.39, 0.29) is 0 Å². The number of nitriles is 1. The van der Waals surface area contributed by atoms with E-state index in [0.717, 1.165) is 17.1 Å². The highest BCUT2D eigenvalue weighted by atomic mass is 15.3. The number of hydrogen-bond donors (Lipinski definition) is 0. The molecule has 3 nitrogen and oxygen atoms in total. The first-order valence-corrected chi connectivity index (χ1v) is 5.59. The molecule has 0 N–H and O–H groups in total. The lowest BCUT2D eigenvalue weighted by Crippen LogP contribution is -2.02. The van der Waals surface area contributed by atoms with Crippen LogP contribution in [0.4, 0.5) is 0 Å². The van der Waals surface area contributed by atoms with Crippen LogP contribution in [0.1, 0.15) is 28.1 Å². The van der Waals surface area contributed by atoms with Crippen molar-refractivity contribution in [3.05, 3.63) is 46.3 Å². The monoisotopic (exact) mass is 225 g/mol. The van der Waals surface area contributed by atoms with Crippen LogP contribution in [-0.4, -0.2) is 9.78 Å². The van der Waals surface area contributed by atoms with Gasteiger partial charge in [0.15, 0.2) is 0 Å². The van der Waals surface area contributed by atoms with Gasteiger partial charge in [-0.2, -0.15) is 10.4 Å². The van der Waals surface area contributed by atoms with Crippen molar-refractivity contribution in [2.45, 2.75) is 27.7 Å². The van der Waals surface area contributed by atoms with E-state index < -0.39 is 0 Å². The molecule has 0 atom stereocenters. The number of hydrogen-bond acceptors (Lipinski definition) is 2. The molecular formula is C14H15N3. The van der Waals surface area contributed by atoms with Gasteiger partial charge in [-0.3, -0.25) is 0 Å². The van der Waals surface area contributed by atoms with Gasteiger partial charge in [0.25, 0.3) is 0 Å². The summed E-state index contributed by atoms with van der Waals surface area (Å²) in [5, 5.41) is 13.5. The second-order valence-electron chi connectivity index (χ2n) is 4.29. The fourth-order valence-corrected chi connectivity index (χ4v) is 2.00. The van der Waals surface area contributed by atoms with Crippen LogP contribution < -0.4 is 0 Å². The Morgan fingerprint density at radius 1 is 1.18 bits per heavy atom. The van der Waals surface area contributed by atoms with Gasteiger partial charge in [-0.15, -0.1) is 0 Å². The molecule has 86 valence electrons. The predicted octanol–water partition coefficient (Wildman–Crippen LogP) is 2.98. The molecule has 0 aliphatic rings. The number of rotatable bonds is 1. The van der Waals surface area contributed by atoms with Crippen molar-refractivity contribution >= 4 is 0 Å². The van der Waals surface area contributed by atoms with E-state index in [9.17, 15) is 0 Å². The average Bonchev–Trinajstić information content (AvgIpc) is 2.58. The zero-order valence-electron chi connectivity index (χ0n) is 10.6. The number of nitrogens with zero attached hydrogens (tertiary/aromatic N) is 3. The number of aryl methyl sites for hydroxylation is 2. The maximum absolute atomic E-state index is 9.08. The van der Waals surface area contributed by atoms with E-state index in [0.29, 0.717) is 5.56 Å². The second kappa shape index (κ2) is 4.06. The van der Waals surface area contributed by atoms with Gasteiger partial charge in [0.05, 0.1) is 22.6 Å². The van der Waals surface area contributed by atoms with Crippen LogP contribution in [0, 0.1) is 39.0 Å². The fourth-order valence-electron chi connectivity index (χ4n) is 2.00. The zero-order chi connectivity index (χ0) is 12.6. The summed E-state index contributed by atoms with van der Waals surface area (Å²) in [6, 6.07) is 8.33. The molecule has 0 fully saturated rings. The Balaban J connectivity index is 2.70. The van der Waals surface area contributed by atoms with Crippen LogP contribution in [0.15, 0.2) is 18.2 Å². The normalized spacial score (nSPS) is 10.3. The van der Waals surface area contributed by atoms with Gasteiger partial charge in [0.1, 0.15) is 6.07 Å². The summed E-state index contributed by atoms with van der Waals surface area (Å²) in [5.41, 5.74) is 5.83. The van der Waals surface area contributed by atoms with Crippen molar-refractivity contribution in [2.75, 3.05) is 0 Å². The highest BCUT2D eigenvalue weighted by molar-refractivity contribution is 5.48. The molecule has 0 aliphatic heterocycles. The average molecular weight is 225 g/mol. The maximum atomic E-state index is 9.08. The quantitative estimate of drug-likeness (QED) is 0.748. The van der Waals surface area contributed by atoms with Crippen molar-refractivity contribution in [1.29, 1.82) is 5.26 Å². The summed E-state index contributed by atoms with van der Waals surface area (Å²) >= 11 is 0. The molecule has 0 spiro atoms. The minimum absolute atomic E-state index is 0.672. The molecule has 2 aromatic rings. The molecule has 0 saturated heterocycles. The Morgan fingerprint density at radius 2 is 1.88 bits per heavy atom. The Labute approximate surface area is 101 Å². The summed E-state index contributed by atoms with van der Waals surface area (Å²) in [6.07, 6.45) is 0. The third kappa shape index (κ3) is 1.72. The Morgan fingerprint density at radius 3 is 2.47 bits per heavy atom. The fraction of sp³-hybridized carbons (Fsp3) is 0.286. The third-order valence-electron chi connectivity index (χ3n) is 3.21. The minimum atomic E-state index is 0.672. The zero-order valence-corrected chi connectivity index (χ0v) is 10.6. The summed E-state index contributed by atoms with van der Waals surface area (Å²) < 4.78 is 1.86. The molecule has 0 amide bonds. The third-order valence-corrected chi connectivity index (χ3v) is 3.21. The van der Waals surface area contributed by atoms with Gasteiger partial charge in [-0.1, -0.05) is 12.1 Å². The lowest BCUT2D eigenvalue weighted by molar-refractivity contribution is 0.825. The Bertz CT molecular complexity index is 615. The van der Waals surface area contributed by atoms with Gasteiger partial charge in [-0.25, -0.2) is 4.68 Å². The van der Waals surface area contributed by atoms with E-state index in [4.69, 9.17) is 5.26 Å².